The van der Waals surface area contributed by atoms with Crippen LogP contribution in [-0.4, -0.2) is 11.7 Å². The predicted molar refractivity (Wildman–Crippen MR) is 76.3 cm³/mol. The first kappa shape index (κ1) is 15.0. The van der Waals surface area contributed by atoms with Crippen molar-refractivity contribution in [3.63, 3.8) is 0 Å². The second kappa shape index (κ2) is 6.39. The summed E-state index contributed by atoms with van der Waals surface area (Å²) in [7, 11) is 0. The Labute approximate surface area is 125 Å². The number of benzene rings is 2. The lowest BCUT2D eigenvalue weighted by atomic mass is 10.1. The molecular formula is C14H11Cl2F2NO. The highest BCUT2D eigenvalue weighted by Crippen LogP contribution is 2.27. The van der Waals surface area contributed by atoms with Gasteiger partial charge in [0.25, 0.3) is 0 Å². The summed E-state index contributed by atoms with van der Waals surface area (Å²) in [6.45, 7) is -0.0273. The normalized spacial score (nSPS) is 12.2. The lowest BCUT2D eigenvalue weighted by Crippen LogP contribution is -2.13. The fourth-order valence-corrected chi connectivity index (χ4v) is 2.14. The highest BCUT2D eigenvalue weighted by Gasteiger charge is 2.13. The van der Waals surface area contributed by atoms with Gasteiger partial charge in [-0.1, -0.05) is 23.2 Å². The first-order valence-corrected chi connectivity index (χ1v) is 6.55. The van der Waals surface area contributed by atoms with Crippen LogP contribution in [0, 0.1) is 11.6 Å². The third-order valence-corrected chi connectivity index (χ3v) is 3.31. The van der Waals surface area contributed by atoms with Crippen molar-refractivity contribution in [3.05, 3.63) is 63.6 Å². The molecule has 0 radical (unpaired) electrons. The number of hydrogen-bond donors (Lipinski definition) is 2. The summed E-state index contributed by atoms with van der Waals surface area (Å²) in [6, 6.07) is 7.73. The second-order valence-electron chi connectivity index (χ2n) is 4.19. The molecule has 1 atom stereocenters. The van der Waals surface area contributed by atoms with Gasteiger partial charge >= 0.3 is 0 Å². The van der Waals surface area contributed by atoms with Crippen LogP contribution in [0.5, 0.6) is 0 Å². The van der Waals surface area contributed by atoms with E-state index in [2.05, 4.69) is 5.32 Å². The van der Waals surface area contributed by atoms with Gasteiger partial charge in [-0.2, -0.15) is 0 Å². The van der Waals surface area contributed by atoms with Gasteiger partial charge in [-0.3, -0.25) is 0 Å². The highest BCUT2D eigenvalue weighted by atomic mass is 35.5. The molecule has 20 heavy (non-hydrogen) atoms. The number of aliphatic hydroxyl groups excluding tert-OH is 1. The minimum atomic E-state index is -0.996. The molecule has 0 aliphatic heterocycles. The number of hydrogen-bond acceptors (Lipinski definition) is 2. The van der Waals surface area contributed by atoms with E-state index in [-0.39, 0.29) is 12.2 Å². The fraction of sp³-hybridized carbons (Fsp3) is 0.143. The zero-order chi connectivity index (χ0) is 14.7. The van der Waals surface area contributed by atoms with Gasteiger partial charge in [0, 0.05) is 22.2 Å². The lowest BCUT2D eigenvalue weighted by molar-refractivity contribution is 0.191. The monoisotopic (exact) mass is 317 g/mol. The molecule has 2 rings (SSSR count). The van der Waals surface area contributed by atoms with Crippen LogP contribution in [0.4, 0.5) is 14.5 Å². The fourth-order valence-electron chi connectivity index (χ4n) is 1.72. The van der Waals surface area contributed by atoms with Gasteiger partial charge in [-0.15, -0.1) is 0 Å². The summed E-state index contributed by atoms with van der Waals surface area (Å²) >= 11 is 11.8. The second-order valence-corrected chi connectivity index (χ2v) is 5.03. The Morgan fingerprint density at radius 3 is 2.60 bits per heavy atom. The average Bonchev–Trinajstić information content (AvgIpc) is 2.42. The minimum absolute atomic E-state index is 0.0257. The predicted octanol–water partition coefficient (Wildman–Crippen LogP) is 4.42. The molecule has 0 saturated heterocycles. The molecule has 1 unspecified atom stereocenters. The molecular weight excluding hydrogens is 307 g/mol. The molecule has 2 aromatic rings. The standard InChI is InChI=1S/C14H11Cl2F2NO/c15-8-1-3-11(16)10(5-8)14(20)7-19-13-6-9(17)2-4-12(13)18/h1-6,14,19-20H,7H2. The zero-order valence-corrected chi connectivity index (χ0v) is 11.7. The van der Waals surface area contributed by atoms with Crippen LogP contribution in [0.3, 0.4) is 0 Å². The van der Waals surface area contributed by atoms with Crippen molar-refractivity contribution in [2.75, 3.05) is 11.9 Å². The SMILES string of the molecule is OC(CNc1cc(F)ccc1F)c1cc(Cl)ccc1Cl. The van der Waals surface area contributed by atoms with Crippen LogP contribution in [0.25, 0.3) is 0 Å². The summed E-state index contributed by atoms with van der Waals surface area (Å²) in [6.07, 6.45) is -0.996. The zero-order valence-electron chi connectivity index (χ0n) is 10.2. The number of anilines is 1. The van der Waals surface area contributed by atoms with Crippen molar-refractivity contribution in [2.45, 2.75) is 6.10 Å². The largest absolute Gasteiger partial charge is 0.387 e. The summed E-state index contributed by atoms with van der Waals surface area (Å²) < 4.78 is 26.4. The van der Waals surface area contributed by atoms with E-state index in [9.17, 15) is 13.9 Å². The number of halogens is 4. The number of nitrogens with one attached hydrogen (secondary N) is 1. The van der Waals surface area contributed by atoms with E-state index >= 15 is 0 Å². The summed E-state index contributed by atoms with van der Waals surface area (Å²) in [4.78, 5) is 0. The highest BCUT2D eigenvalue weighted by molar-refractivity contribution is 6.33. The molecule has 2 aromatic carbocycles. The molecule has 0 fully saturated rings. The Balaban J connectivity index is 2.10. The van der Waals surface area contributed by atoms with Gasteiger partial charge in [0.1, 0.15) is 11.6 Å². The maximum absolute atomic E-state index is 13.4. The summed E-state index contributed by atoms with van der Waals surface area (Å²) in [5.41, 5.74) is 0.394. The topological polar surface area (TPSA) is 32.3 Å². The van der Waals surface area contributed by atoms with E-state index in [0.29, 0.717) is 15.6 Å². The molecule has 2 N–H and O–H groups in total. The quantitative estimate of drug-likeness (QED) is 0.875. The third-order valence-electron chi connectivity index (χ3n) is 2.73. The Morgan fingerprint density at radius 2 is 1.85 bits per heavy atom. The van der Waals surface area contributed by atoms with Crippen molar-refractivity contribution in [3.8, 4) is 0 Å². The lowest BCUT2D eigenvalue weighted by Gasteiger charge is -2.15. The summed E-state index contributed by atoms with van der Waals surface area (Å²) in [5, 5.41) is 13.4. The Hall–Kier alpha value is -1.36. The molecule has 6 heteroatoms. The molecule has 0 amide bonds. The van der Waals surface area contributed by atoms with Gasteiger partial charge in [0.15, 0.2) is 0 Å². The van der Waals surface area contributed by atoms with E-state index in [1.54, 1.807) is 12.1 Å². The van der Waals surface area contributed by atoms with Crippen molar-refractivity contribution in [1.29, 1.82) is 0 Å². The maximum Gasteiger partial charge on any atom is 0.146 e. The maximum atomic E-state index is 13.4. The first-order chi connectivity index (χ1) is 9.47. The van der Waals surface area contributed by atoms with Crippen LogP contribution in [-0.2, 0) is 0 Å². The molecule has 0 aliphatic carbocycles. The molecule has 0 saturated carbocycles. The van der Waals surface area contributed by atoms with Crippen molar-refractivity contribution < 1.29 is 13.9 Å². The number of aliphatic hydroxyl groups is 1. The van der Waals surface area contributed by atoms with E-state index < -0.39 is 17.7 Å². The third kappa shape index (κ3) is 3.60. The average molecular weight is 318 g/mol. The van der Waals surface area contributed by atoms with Crippen molar-refractivity contribution in [2.24, 2.45) is 0 Å². The van der Waals surface area contributed by atoms with Crippen LogP contribution in [0.2, 0.25) is 10.0 Å². The molecule has 106 valence electrons. The molecule has 0 bridgehead atoms. The Morgan fingerprint density at radius 1 is 1.10 bits per heavy atom. The van der Waals surface area contributed by atoms with Crippen LogP contribution in [0.15, 0.2) is 36.4 Å². The molecule has 0 spiro atoms. The van der Waals surface area contributed by atoms with Crippen LogP contribution in [0.1, 0.15) is 11.7 Å². The van der Waals surface area contributed by atoms with Gasteiger partial charge in [-0.05, 0) is 36.4 Å². The van der Waals surface area contributed by atoms with Crippen LogP contribution >= 0.6 is 23.2 Å². The first-order valence-electron chi connectivity index (χ1n) is 5.79. The Bertz CT molecular complexity index is 622. The van der Waals surface area contributed by atoms with Crippen molar-refractivity contribution in [1.82, 2.24) is 0 Å². The number of rotatable bonds is 4. The molecule has 2 nitrogen and oxygen atoms in total. The minimum Gasteiger partial charge on any atom is -0.387 e. The van der Waals surface area contributed by atoms with E-state index in [0.717, 1.165) is 18.2 Å². The molecule has 0 heterocycles. The molecule has 0 aliphatic rings. The van der Waals surface area contributed by atoms with E-state index in [1.807, 2.05) is 0 Å². The Kier molecular flexibility index (Phi) is 4.81. The van der Waals surface area contributed by atoms with Crippen LogP contribution < -0.4 is 5.32 Å². The van der Waals surface area contributed by atoms with Gasteiger partial charge in [-0.25, -0.2) is 8.78 Å². The van der Waals surface area contributed by atoms with E-state index in [1.165, 1.54) is 6.07 Å². The smallest absolute Gasteiger partial charge is 0.146 e. The molecule has 0 aromatic heterocycles. The van der Waals surface area contributed by atoms with E-state index in [4.69, 9.17) is 23.2 Å². The van der Waals surface area contributed by atoms with Crippen molar-refractivity contribution >= 4 is 28.9 Å². The van der Waals surface area contributed by atoms with Gasteiger partial charge in [0.2, 0.25) is 0 Å². The van der Waals surface area contributed by atoms with Gasteiger partial charge < -0.3 is 10.4 Å². The van der Waals surface area contributed by atoms with Gasteiger partial charge in [0.05, 0.1) is 11.8 Å². The summed E-state index contributed by atoms with van der Waals surface area (Å²) in [5.74, 6) is -1.17.